The molecule has 0 unspecified atom stereocenters. The SMILES string of the molecule is Cc1oc(=O)oc1COC(=O)[C@@]1(NC(=O)/C(=N\O)c2csc(N)n2)C(=O)N2C=C(COC(=O)N(C)C)CS[C@H]21. The number of nitrogens with one attached hydrogen (secondary N) is 1. The lowest BCUT2D eigenvalue weighted by molar-refractivity contribution is -0.174. The number of β-lactam (4-membered cyclic amide) rings is 1. The lowest BCUT2D eigenvalue weighted by Crippen LogP contribution is -2.82. The Morgan fingerprint density at radius 1 is 1.31 bits per heavy atom. The van der Waals surface area contributed by atoms with E-state index < -0.39 is 52.9 Å². The molecule has 0 bridgehead atoms. The largest absolute Gasteiger partial charge is 0.519 e. The molecule has 2 aliphatic heterocycles. The average molecular weight is 583 g/mol. The van der Waals surface area contributed by atoms with Crippen molar-refractivity contribution in [2.24, 2.45) is 5.16 Å². The Balaban J connectivity index is 1.59. The fourth-order valence-electron chi connectivity index (χ4n) is 3.63. The number of aryl methyl sites for hydroxylation is 1. The summed E-state index contributed by atoms with van der Waals surface area (Å²) < 4.78 is 20.0. The highest BCUT2D eigenvalue weighted by atomic mass is 32.2. The number of thiazole rings is 1. The van der Waals surface area contributed by atoms with Crippen LogP contribution in [0.2, 0.25) is 0 Å². The molecule has 16 nitrogen and oxygen atoms in total. The first-order valence-electron chi connectivity index (χ1n) is 11.0. The molecule has 0 spiro atoms. The molecule has 4 heterocycles. The van der Waals surface area contributed by atoms with E-state index in [1.807, 2.05) is 0 Å². The second kappa shape index (κ2) is 10.8. The average Bonchev–Trinajstić information content (AvgIpc) is 3.47. The highest BCUT2D eigenvalue weighted by Crippen LogP contribution is 2.44. The fraction of sp³-hybridized carbons (Fsp3) is 0.381. The van der Waals surface area contributed by atoms with Crippen LogP contribution in [0.1, 0.15) is 17.2 Å². The van der Waals surface area contributed by atoms with Gasteiger partial charge in [0.15, 0.2) is 29.0 Å². The fourth-order valence-corrected chi connectivity index (χ4v) is 5.53. The van der Waals surface area contributed by atoms with Gasteiger partial charge in [0, 0.05) is 31.4 Å². The summed E-state index contributed by atoms with van der Waals surface area (Å²) in [5, 5.41) is 15.2. The molecule has 208 valence electrons. The zero-order valence-electron chi connectivity index (χ0n) is 20.7. The van der Waals surface area contributed by atoms with E-state index in [1.54, 1.807) is 0 Å². The van der Waals surface area contributed by atoms with E-state index in [2.05, 4.69) is 15.5 Å². The minimum atomic E-state index is -2.25. The quantitative estimate of drug-likeness (QED) is 0.0922. The molecule has 0 aromatic carbocycles. The smallest absolute Gasteiger partial charge is 0.455 e. The summed E-state index contributed by atoms with van der Waals surface area (Å²) >= 11 is 2.08. The molecule has 18 heteroatoms. The van der Waals surface area contributed by atoms with Gasteiger partial charge >= 0.3 is 17.9 Å². The number of nitrogens with two attached hydrogens (primary N) is 1. The Hall–Kier alpha value is -4.32. The van der Waals surface area contributed by atoms with E-state index in [1.165, 1.54) is 42.4 Å². The van der Waals surface area contributed by atoms with Crippen LogP contribution in [-0.4, -0.2) is 86.9 Å². The molecular weight excluding hydrogens is 560 g/mol. The number of fused-ring (bicyclic) bond motifs is 1. The molecule has 1 fully saturated rings. The zero-order chi connectivity index (χ0) is 28.5. The van der Waals surface area contributed by atoms with Crippen LogP contribution in [0.4, 0.5) is 9.93 Å². The van der Waals surface area contributed by atoms with Crippen molar-refractivity contribution >= 4 is 57.8 Å². The lowest BCUT2D eigenvalue weighted by atomic mass is 9.87. The minimum absolute atomic E-state index is 0.0650. The van der Waals surface area contributed by atoms with E-state index >= 15 is 0 Å². The number of nitrogen functional groups attached to an aromatic ring is 1. The van der Waals surface area contributed by atoms with Crippen molar-refractivity contribution in [3.8, 4) is 0 Å². The highest BCUT2D eigenvalue weighted by Gasteiger charge is 2.69. The number of hydrogen-bond acceptors (Lipinski definition) is 15. The molecule has 2 atom stereocenters. The molecule has 0 radical (unpaired) electrons. The number of carbonyl (C=O) groups excluding carboxylic acids is 4. The number of thioether (sulfide) groups is 1. The predicted molar refractivity (Wildman–Crippen MR) is 134 cm³/mol. The van der Waals surface area contributed by atoms with Crippen molar-refractivity contribution < 1.29 is 42.7 Å². The van der Waals surface area contributed by atoms with Gasteiger partial charge < -0.3 is 44.4 Å². The topological polar surface area (TPSA) is 220 Å². The maximum Gasteiger partial charge on any atom is 0.519 e. The molecule has 2 aromatic rings. The number of ether oxygens (including phenoxy) is 2. The van der Waals surface area contributed by atoms with Crippen LogP contribution in [0.25, 0.3) is 0 Å². The first-order valence-corrected chi connectivity index (χ1v) is 12.9. The van der Waals surface area contributed by atoms with Gasteiger partial charge in [0.1, 0.15) is 17.7 Å². The Morgan fingerprint density at radius 3 is 2.64 bits per heavy atom. The molecule has 0 aliphatic carbocycles. The van der Waals surface area contributed by atoms with Gasteiger partial charge in [-0.1, -0.05) is 5.16 Å². The van der Waals surface area contributed by atoms with E-state index in [9.17, 15) is 29.2 Å². The first-order chi connectivity index (χ1) is 18.5. The van der Waals surface area contributed by atoms with Crippen molar-refractivity contribution in [1.82, 2.24) is 20.1 Å². The number of oxime groups is 1. The number of amides is 3. The number of aromatic nitrogens is 1. The van der Waals surface area contributed by atoms with Crippen molar-refractivity contribution in [2.75, 3.05) is 32.2 Å². The van der Waals surface area contributed by atoms with Crippen LogP contribution in [0.15, 0.2) is 35.9 Å². The van der Waals surface area contributed by atoms with Crippen molar-refractivity contribution in [3.05, 3.63) is 45.0 Å². The molecule has 39 heavy (non-hydrogen) atoms. The van der Waals surface area contributed by atoms with E-state index in [0.29, 0.717) is 5.57 Å². The molecule has 2 aliphatic rings. The van der Waals surface area contributed by atoms with Gasteiger partial charge in [-0.3, -0.25) is 9.59 Å². The summed E-state index contributed by atoms with van der Waals surface area (Å²) in [6.07, 6.45) is 0.841. The van der Waals surface area contributed by atoms with Gasteiger partial charge in [0.25, 0.3) is 11.8 Å². The molecule has 4 rings (SSSR count). The standard InChI is InChI=1S/C21H22N6O10S2/c1-9-12(37-20(32)36-9)6-34-17(30)21(24-14(28)13(25-33)11-8-39-18(22)23-11)15(29)27-4-10(7-38-16(21)27)5-35-19(31)26(2)3/h4,8,16,33H,5-7H2,1-3H3,(H2,22,23)(H,24,28)/b25-13-/t16-,21+/m0/s1. The van der Waals surface area contributed by atoms with Crippen LogP contribution in [0, 0.1) is 6.92 Å². The maximum atomic E-state index is 13.4. The van der Waals surface area contributed by atoms with Crippen LogP contribution >= 0.6 is 23.1 Å². The van der Waals surface area contributed by atoms with Crippen molar-refractivity contribution in [3.63, 3.8) is 0 Å². The number of esters is 1. The number of anilines is 1. The van der Waals surface area contributed by atoms with Crippen molar-refractivity contribution in [1.29, 1.82) is 0 Å². The molecule has 2 aromatic heterocycles. The van der Waals surface area contributed by atoms with Gasteiger partial charge in [-0.25, -0.2) is 19.4 Å². The number of nitrogens with zero attached hydrogens (tertiary/aromatic N) is 4. The number of rotatable bonds is 8. The third-order valence-electron chi connectivity index (χ3n) is 5.57. The van der Waals surface area contributed by atoms with E-state index in [-0.39, 0.29) is 34.7 Å². The number of carbonyl (C=O) groups is 4. The lowest BCUT2D eigenvalue weighted by Gasteiger charge is -2.53. The van der Waals surface area contributed by atoms with E-state index in [4.69, 9.17) is 24.0 Å². The Morgan fingerprint density at radius 2 is 2.05 bits per heavy atom. The second-order valence-corrected chi connectivity index (χ2v) is 10.4. The van der Waals surface area contributed by atoms with Gasteiger partial charge in [0.05, 0.1) is 0 Å². The molecule has 1 saturated heterocycles. The molecule has 0 saturated carbocycles. The monoisotopic (exact) mass is 582 g/mol. The summed E-state index contributed by atoms with van der Waals surface area (Å²) in [5.74, 6) is -3.92. The minimum Gasteiger partial charge on any atom is -0.455 e. The Labute approximate surface area is 227 Å². The Bertz CT molecular complexity index is 1440. The molecular formula is C21H22N6O10S2. The predicted octanol–water partition coefficient (Wildman–Crippen LogP) is -0.146. The third-order valence-corrected chi connectivity index (χ3v) is 7.68. The van der Waals surface area contributed by atoms with Crippen LogP contribution in [-0.2, 0) is 30.5 Å². The van der Waals surface area contributed by atoms with Crippen LogP contribution in [0.3, 0.4) is 0 Å². The van der Waals surface area contributed by atoms with Gasteiger partial charge in [0.2, 0.25) is 5.54 Å². The first kappa shape index (κ1) is 27.7. The summed E-state index contributed by atoms with van der Waals surface area (Å²) in [7, 11) is 3.04. The third kappa shape index (κ3) is 5.19. The summed E-state index contributed by atoms with van der Waals surface area (Å²) in [5.41, 5.74) is 3.24. The van der Waals surface area contributed by atoms with E-state index in [0.717, 1.165) is 23.1 Å². The van der Waals surface area contributed by atoms with Crippen LogP contribution in [0.5, 0.6) is 0 Å². The summed E-state index contributed by atoms with van der Waals surface area (Å²) in [6, 6.07) is 0. The Kier molecular flexibility index (Phi) is 7.68. The highest BCUT2D eigenvalue weighted by molar-refractivity contribution is 8.00. The van der Waals surface area contributed by atoms with Gasteiger partial charge in [-0.05, 0) is 12.5 Å². The summed E-state index contributed by atoms with van der Waals surface area (Å²) in [4.78, 5) is 69.3. The molecule has 4 N–H and O–H groups in total. The second-order valence-electron chi connectivity index (χ2n) is 8.40. The maximum absolute atomic E-state index is 13.4. The number of hydrogen-bond donors (Lipinski definition) is 3. The van der Waals surface area contributed by atoms with Crippen LogP contribution < -0.4 is 16.9 Å². The van der Waals surface area contributed by atoms with Crippen molar-refractivity contribution in [2.45, 2.75) is 24.4 Å². The van der Waals surface area contributed by atoms with Gasteiger partial charge in [-0.15, -0.1) is 23.1 Å². The normalized spacial score (nSPS) is 20.4. The van der Waals surface area contributed by atoms with Gasteiger partial charge in [-0.2, -0.15) is 0 Å². The summed E-state index contributed by atoms with van der Waals surface area (Å²) in [6.45, 7) is 0.747. The zero-order valence-corrected chi connectivity index (χ0v) is 22.3. The molecule has 3 amide bonds.